The lowest BCUT2D eigenvalue weighted by molar-refractivity contribution is -0.0869. The van der Waals surface area contributed by atoms with Gasteiger partial charge in [0.15, 0.2) is 0 Å². The van der Waals surface area contributed by atoms with Crippen LogP contribution in [0.2, 0.25) is 10.0 Å². The topological polar surface area (TPSA) is 30.5 Å². The number of halogens is 2. The molecule has 1 aromatic rings. The Morgan fingerprint density at radius 2 is 2.22 bits per heavy atom. The fourth-order valence-electron chi connectivity index (χ4n) is 1.93. The predicted molar refractivity (Wildman–Crippen MR) is 73.4 cm³/mol. The molecule has 0 bridgehead atoms. The molecule has 1 saturated heterocycles. The number of rotatable bonds is 4. The Labute approximate surface area is 117 Å². The standard InChI is InChI=1S/C13H17Cl2NO2/c1-9(11-3-2-4-12(14)13(11)15)16-7-10-8-17-5-6-18-10/h2-4,9-10,16H,5-8H2,1H3. The summed E-state index contributed by atoms with van der Waals surface area (Å²) in [6, 6.07) is 5.80. The molecule has 1 aliphatic rings. The molecule has 0 aromatic heterocycles. The van der Waals surface area contributed by atoms with E-state index in [4.69, 9.17) is 32.7 Å². The van der Waals surface area contributed by atoms with Crippen LogP contribution >= 0.6 is 23.2 Å². The summed E-state index contributed by atoms with van der Waals surface area (Å²) in [7, 11) is 0. The van der Waals surface area contributed by atoms with Gasteiger partial charge < -0.3 is 14.8 Å². The third kappa shape index (κ3) is 3.59. The van der Waals surface area contributed by atoms with Crippen molar-refractivity contribution in [2.75, 3.05) is 26.4 Å². The van der Waals surface area contributed by atoms with Crippen molar-refractivity contribution in [2.24, 2.45) is 0 Å². The highest BCUT2D eigenvalue weighted by Crippen LogP contribution is 2.29. The van der Waals surface area contributed by atoms with Gasteiger partial charge in [0, 0.05) is 12.6 Å². The van der Waals surface area contributed by atoms with Gasteiger partial charge in [-0.05, 0) is 18.6 Å². The quantitative estimate of drug-likeness (QED) is 0.924. The van der Waals surface area contributed by atoms with E-state index in [9.17, 15) is 0 Å². The lowest BCUT2D eigenvalue weighted by Crippen LogP contribution is -2.38. The van der Waals surface area contributed by atoms with E-state index in [1.165, 1.54) is 0 Å². The molecule has 0 radical (unpaired) electrons. The predicted octanol–water partition coefficient (Wildman–Crippen LogP) is 3.06. The monoisotopic (exact) mass is 289 g/mol. The molecule has 2 atom stereocenters. The molecule has 5 heteroatoms. The summed E-state index contributed by atoms with van der Waals surface area (Å²) in [5.74, 6) is 0. The van der Waals surface area contributed by atoms with Gasteiger partial charge in [0.05, 0.1) is 36.0 Å². The molecule has 1 aromatic carbocycles. The van der Waals surface area contributed by atoms with E-state index >= 15 is 0 Å². The third-order valence-electron chi connectivity index (χ3n) is 2.98. The molecular formula is C13H17Cl2NO2. The summed E-state index contributed by atoms with van der Waals surface area (Å²) < 4.78 is 10.9. The van der Waals surface area contributed by atoms with Crippen molar-refractivity contribution in [1.82, 2.24) is 5.32 Å². The molecule has 1 N–H and O–H groups in total. The lowest BCUT2D eigenvalue weighted by atomic mass is 10.1. The second-order valence-electron chi connectivity index (χ2n) is 4.34. The summed E-state index contributed by atoms with van der Waals surface area (Å²) in [6.07, 6.45) is 0.110. The Kier molecular flexibility index (Phi) is 5.27. The average molecular weight is 290 g/mol. The maximum Gasteiger partial charge on any atom is 0.0933 e. The molecule has 1 aliphatic heterocycles. The molecule has 3 nitrogen and oxygen atoms in total. The molecule has 2 rings (SSSR count). The van der Waals surface area contributed by atoms with Gasteiger partial charge in [-0.1, -0.05) is 35.3 Å². The van der Waals surface area contributed by atoms with Crippen LogP contribution in [0.25, 0.3) is 0 Å². The Hall–Kier alpha value is -0.320. The van der Waals surface area contributed by atoms with Crippen LogP contribution in [-0.4, -0.2) is 32.5 Å². The highest BCUT2D eigenvalue weighted by molar-refractivity contribution is 6.42. The van der Waals surface area contributed by atoms with Crippen LogP contribution in [-0.2, 0) is 9.47 Å². The lowest BCUT2D eigenvalue weighted by Gasteiger charge is -2.25. The normalized spacial score (nSPS) is 21.8. The van der Waals surface area contributed by atoms with Crippen LogP contribution in [0.3, 0.4) is 0 Å². The third-order valence-corrected chi connectivity index (χ3v) is 3.82. The maximum absolute atomic E-state index is 6.18. The molecule has 2 unspecified atom stereocenters. The summed E-state index contributed by atoms with van der Waals surface area (Å²) in [4.78, 5) is 0. The minimum Gasteiger partial charge on any atom is -0.376 e. The van der Waals surface area contributed by atoms with Gasteiger partial charge in [-0.3, -0.25) is 0 Å². The molecule has 0 aliphatic carbocycles. The van der Waals surface area contributed by atoms with Crippen LogP contribution in [0.15, 0.2) is 18.2 Å². The van der Waals surface area contributed by atoms with Crippen LogP contribution in [0, 0.1) is 0 Å². The van der Waals surface area contributed by atoms with E-state index < -0.39 is 0 Å². The first-order valence-corrected chi connectivity index (χ1v) is 6.80. The van der Waals surface area contributed by atoms with Crippen LogP contribution in [0.5, 0.6) is 0 Å². The first kappa shape index (κ1) is 14.1. The van der Waals surface area contributed by atoms with E-state index in [-0.39, 0.29) is 12.1 Å². The van der Waals surface area contributed by atoms with Crippen molar-refractivity contribution in [1.29, 1.82) is 0 Å². The SMILES string of the molecule is CC(NCC1COCCO1)c1cccc(Cl)c1Cl. The van der Waals surface area contributed by atoms with E-state index in [2.05, 4.69) is 12.2 Å². The summed E-state index contributed by atoms with van der Waals surface area (Å²) >= 11 is 12.2. The van der Waals surface area contributed by atoms with E-state index in [1.54, 1.807) is 6.07 Å². The Morgan fingerprint density at radius 1 is 1.39 bits per heavy atom. The van der Waals surface area contributed by atoms with Gasteiger partial charge in [0.1, 0.15) is 0 Å². The first-order chi connectivity index (χ1) is 8.68. The van der Waals surface area contributed by atoms with Crippen LogP contribution in [0.4, 0.5) is 0 Å². The minimum absolute atomic E-state index is 0.110. The number of hydrogen-bond donors (Lipinski definition) is 1. The highest BCUT2D eigenvalue weighted by atomic mass is 35.5. The van der Waals surface area contributed by atoms with Crippen LogP contribution in [0.1, 0.15) is 18.5 Å². The van der Waals surface area contributed by atoms with Crippen molar-refractivity contribution < 1.29 is 9.47 Å². The van der Waals surface area contributed by atoms with Crippen LogP contribution < -0.4 is 5.32 Å². The molecule has 1 heterocycles. The van der Waals surface area contributed by atoms with Crippen molar-refractivity contribution in [3.8, 4) is 0 Å². The molecule has 0 spiro atoms. The minimum atomic E-state index is 0.110. The Bertz CT molecular complexity index is 395. The smallest absolute Gasteiger partial charge is 0.0933 e. The fourth-order valence-corrected chi connectivity index (χ4v) is 2.40. The first-order valence-electron chi connectivity index (χ1n) is 6.05. The van der Waals surface area contributed by atoms with Crippen molar-refractivity contribution in [3.63, 3.8) is 0 Å². The zero-order chi connectivity index (χ0) is 13.0. The number of ether oxygens (including phenoxy) is 2. The number of hydrogen-bond acceptors (Lipinski definition) is 3. The molecular weight excluding hydrogens is 273 g/mol. The van der Waals surface area contributed by atoms with Gasteiger partial charge in [-0.2, -0.15) is 0 Å². The van der Waals surface area contributed by atoms with E-state index in [0.717, 1.165) is 12.1 Å². The van der Waals surface area contributed by atoms with E-state index in [0.29, 0.717) is 29.9 Å². The second-order valence-corrected chi connectivity index (χ2v) is 5.13. The summed E-state index contributed by atoms with van der Waals surface area (Å²) in [5.41, 5.74) is 1.00. The van der Waals surface area contributed by atoms with Crippen molar-refractivity contribution >= 4 is 23.2 Å². The van der Waals surface area contributed by atoms with Gasteiger partial charge in [-0.25, -0.2) is 0 Å². The average Bonchev–Trinajstić information content (AvgIpc) is 2.40. The molecule has 18 heavy (non-hydrogen) atoms. The van der Waals surface area contributed by atoms with Crippen molar-refractivity contribution in [3.05, 3.63) is 33.8 Å². The Morgan fingerprint density at radius 3 is 2.94 bits per heavy atom. The molecule has 100 valence electrons. The summed E-state index contributed by atoms with van der Waals surface area (Å²) in [5, 5.41) is 4.58. The largest absolute Gasteiger partial charge is 0.376 e. The fraction of sp³-hybridized carbons (Fsp3) is 0.538. The summed E-state index contributed by atoms with van der Waals surface area (Å²) in [6.45, 7) is 4.79. The number of nitrogens with one attached hydrogen (secondary N) is 1. The zero-order valence-corrected chi connectivity index (χ0v) is 11.8. The van der Waals surface area contributed by atoms with Gasteiger partial charge in [-0.15, -0.1) is 0 Å². The highest BCUT2D eigenvalue weighted by Gasteiger charge is 2.17. The maximum atomic E-state index is 6.18. The number of benzene rings is 1. The Balaban J connectivity index is 1.90. The zero-order valence-electron chi connectivity index (χ0n) is 10.3. The van der Waals surface area contributed by atoms with E-state index in [1.807, 2.05) is 12.1 Å². The molecule has 0 saturated carbocycles. The van der Waals surface area contributed by atoms with Gasteiger partial charge >= 0.3 is 0 Å². The van der Waals surface area contributed by atoms with Gasteiger partial charge in [0.2, 0.25) is 0 Å². The second kappa shape index (κ2) is 6.73. The molecule has 0 amide bonds. The van der Waals surface area contributed by atoms with Gasteiger partial charge in [0.25, 0.3) is 0 Å². The molecule has 1 fully saturated rings. The van der Waals surface area contributed by atoms with Crippen molar-refractivity contribution in [2.45, 2.75) is 19.1 Å².